The number of likely N-dealkylation sites (tertiary alicyclic amines) is 1. The Morgan fingerprint density at radius 2 is 1.74 bits per heavy atom. The fourth-order valence-corrected chi connectivity index (χ4v) is 5.72. The second kappa shape index (κ2) is 9.66. The summed E-state index contributed by atoms with van der Waals surface area (Å²) in [6.45, 7) is 3.12. The second-order valence-corrected chi connectivity index (χ2v) is 9.78. The van der Waals surface area contributed by atoms with Crippen LogP contribution in [-0.4, -0.2) is 62.2 Å². The van der Waals surface area contributed by atoms with Gasteiger partial charge in [0.25, 0.3) is 0 Å². The first-order valence-electron chi connectivity index (χ1n) is 11.9. The Hall–Kier alpha value is -1.98. The second-order valence-electron chi connectivity index (χ2n) is 9.78. The molecule has 2 aromatic carbocycles. The lowest BCUT2D eigenvalue weighted by Crippen LogP contribution is -2.47. The van der Waals surface area contributed by atoms with Crippen molar-refractivity contribution in [3.63, 3.8) is 0 Å². The van der Waals surface area contributed by atoms with Gasteiger partial charge in [0.2, 0.25) is 0 Å². The highest BCUT2D eigenvalue weighted by molar-refractivity contribution is 5.84. The van der Waals surface area contributed by atoms with Crippen molar-refractivity contribution in [1.82, 2.24) is 9.80 Å². The molecule has 0 aromatic heterocycles. The van der Waals surface area contributed by atoms with Crippen LogP contribution in [0.1, 0.15) is 56.4 Å². The Morgan fingerprint density at radius 1 is 1.06 bits per heavy atom. The minimum Gasteiger partial charge on any atom is -0.497 e. The van der Waals surface area contributed by atoms with Crippen molar-refractivity contribution in [1.29, 1.82) is 0 Å². The monoisotopic (exact) mass is 423 g/mol. The molecule has 0 amide bonds. The minimum atomic E-state index is -0.475. The Morgan fingerprint density at radius 3 is 2.39 bits per heavy atom. The third-order valence-electron chi connectivity index (χ3n) is 7.75. The van der Waals surface area contributed by atoms with Gasteiger partial charge in [-0.05, 0) is 81.3 Å². The molecule has 5 heteroatoms. The van der Waals surface area contributed by atoms with E-state index >= 15 is 0 Å². The highest BCUT2D eigenvalue weighted by Crippen LogP contribution is 2.44. The van der Waals surface area contributed by atoms with E-state index in [0.29, 0.717) is 6.04 Å². The molecule has 1 saturated heterocycles. The first-order valence-corrected chi connectivity index (χ1v) is 11.9. The molecule has 0 N–H and O–H groups in total. The van der Waals surface area contributed by atoms with Gasteiger partial charge in [-0.15, -0.1) is 0 Å². The highest BCUT2D eigenvalue weighted by Gasteiger charge is 2.43. The average molecular weight is 424 g/mol. The van der Waals surface area contributed by atoms with Crippen LogP contribution in [0.25, 0.3) is 10.8 Å². The van der Waals surface area contributed by atoms with Gasteiger partial charge < -0.3 is 14.5 Å². The molecule has 1 unspecified atom stereocenters. The smallest absolute Gasteiger partial charge is 0.119 e. The topological polar surface area (TPSA) is 45.1 Å². The van der Waals surface area contributed by atoms with Crippen molar-refractivity contribution in [3.8, 4) is 5.75 Å². The molecule has 2 fully saturated rings. The highest BCUT2D eigenvalue weighted by atomic mass is 16.5. The lowest BCUT2D eigenvalue weighted by Gasteiger charge is -2.42. The zero-order valence-electron chi connectivity index (χ0n) is 19.3. The molecule has 1 aliphatic carbocycles. The lowest BCUT2D eigenvalue weighted by molar-refractivity contribution is 0.119. The summed E-state index contributed by atoms with van der Waals surface area (Å²) in [4.78, 5) is 17.3. The largest absolute Gasteiger partial charge is 0.497 e. The van der Waals surface area contributed by atoms with Gasteiger partial charge in [0.15, 0.2) is 0 Å². The fourth-order valence-electron chi connectivity index (χ4n) is 5.72. The molecule has 2 aromatic rings. The van der Waals surface area contributed by atoms with E-state index in [0.717, 1.165) is 51.1 Å². The molecule has 4 rings (SSSR count). The van der Waals surface area contributed by atoms with Gasteiger partial charge in [0.05, 0.1) is 7.11 Å². The summed E-state index contributed by atoms with van der Waals surface area (Å²) in [5.74, 6) is 1.02. The van der Waals surface area contributed by atoms with E-state index in [4.69, 9.17) is 4.74 Å². The van der Waals surface area contributed by atoms with Crippen molar-refractivity contribution in [2.24, 2.45) is 5.18 Å². The third kappa shape index (κ3) is 4.78. The van der Waals surface area contributed by atoms with Crippen molar-refractivity contribution in [2.75, 3.05) is 40.8 Å². The van der Waals surface area contributed by atoms with E-state index < -0.39 is 5.54 Å². The first-order chi connectivity index (χ1) is 15.0. The number of piperidine rings is 1. The quantitative estimate of drug-likeness (QED) is 0.557. The van der Waals surface area contributed by atoms with Gasteiger partial charge in [-0.1, -0.05) is 48.7 Å². The number of hydrogen-bond donors (Lipinski definition) is 0. The maximum absolute atomic E-state index is 12.3. The average Bonchev–Trinajstić information content (AvgIpc) is 2.82. The van der Waals surface area contributed by atoms with Gasteiger partial charge in [0.1, 0.15) is 11.3 Å². The Labute approximate surface area is 186 Å². The van der Waals surface area contributed by atoms with Gasteiger partial charge in [0, 0.05) is 18.5 Å². The molecule has 1 saturated carbocycles. The van der Waals surface area contributed by atoms with Crippen molar-refractivity contribution >= 4 is 10.8 Å². The molecule has 31 heavy (non-hydrogen) atoms. The van der Waals surface area contributed by atoms with Crippen LogP contribution in [0.2, 0.25) is 0 Å². The fraction of sp³-hybridized carbons (Fsp3) is 0.615. The predicted octanol–water partition coefficient (Wildman–Crippen LogP) is 5.43. The summed E-state index contributed by atoms with van der Waals surface area (Å²) < 4.78 is 5.39. The number of ether oxygens (including phenoxy) is 1. The zero-order valence-corrected chi connectivity index (χ0v) is 19.3. The van der Waals surface area contributed by atoms with Crippen LogP contribution >= 0.6 is 0 Å². The van der Waals surface area contributed by atoms with Crippen LogP contribution < -0.4 is 4.74 Å². The molecule has 2 aliphatic rings. The van der Waals surface area contributed by atoms with E-state index in [9.17, 15) is 4.91 Å². The summed E-state index contributed by atoms with van der Waals surface area (Å²) in [5, 5.41) is 6.24. The number of hydrogen-bond acceptors (Lipinski definition) is 5. The predicted molar refractivity (Wildman–Crippen MR) is 128 cm³/mol. The van der Waals surface area contributed by atoms with Crippen LogP contribution in [0.4, 0.5) is 0 Å². The molecule has 168 valence electrons. The van der Waals surface area contributed by atoms with Crippen LogP contribution in [-0.2, 0) is 0 Å². The molecule has 5 nitrogen and oxygen atoms in total. The van der Waals surface area contributed by atoms with Gasteiger partial charge in [-0.25, -0.2) is 0 Å². The molecule has 0 bridgehead atoms. The number of methoxy groups -OCH3 is 1. The van der Waals surface area contributed by atoms with Crippen LogP contribution in [0.15, 0.2) is 41.6 Å². The zero-order chi connectivity index (χ0) is 21.8. The molecule has 1 aliphatic heterocycles. The summed E-state index contributed by atoms with van der Waals surface area (Å²) in [6, 6.07) is 13.6. The van der Waals surface area contributed by atoms with Gasteiger partial charge in [-0.2, -0.15) is 4.91 Å². The maximum atomic E-state index is 12.3. The summed E-state index contributed by atoms with van der Waals surface area (Å²) in [5.41, 5.74) is 0.783. The van der Waals surface area contributed by atoms with Crippen LogP contribution in [0.3, 0.4) is 0 Å². The summed E-state index contributed by atoms with van der Waals surface area (Å²) >= 11 is 0. The van der Waals surface area contributed by atoms with E-state index in [1.807, 2.05) is 6.07 Å². The molecular weight excluding hydrogens is 386 g/mol. The number of fused-ring (bicyclic) bond motifs is 1. The molecule has 0 radical (unpaired) electrons. The molecule has 1 heterocycles. The lowest BCUT2D eigenvalue weighted by atomic mass is 9.70. The standard InChI is InChI=1S/C26H37N3O2/c1-28(2)23-11-15-29(16-12-23)19-25(26(27-30)13-5-4-6-14-26)22-8-7-21-18-24(31-3)10-9-20(21)17-22/h7-10,17-18,23,25H,4-6,11-16,19H2,1-3H3. The number of benzene rings is 2. The van der Waals surface area contributed by atoms with Crippen molar-refractivity contribution in [2.45, 2.75) is 62.4 Å². The Bertz CT molecular complexity index is 883. The first kappa shape index (κ1) is 22.2. The SMILES string of the molecule is COc1ccc2cc(C(CN3CCC(N(C)C)CC3)C3(N=O)CCCCC3)ccc2c1. The number of nitrogens with zero attached hydrogens (tertiary/aromatic N) is 3. The van der Waals surface area contributed by atoms with E-state index in [-0.39, 0.29) is 5.92 Å². The minimum absolute atomic E-state index is 0.146. The van der Waals surface area contributed by atoms with Gasteiger partial charge in [-0.3, -0.25) is 0 Å². The third-order valence-corrected chi connectivity index (χ3v) is 7.75. The van der Waals surface area contributed by atoms with Crippen molar-refractivity contribution < 1.29 is 4.74 Å². The normalized spacial score (nSPS) is 21.3. The van der Waals surface area contributed by atoms with E-state index in [1.54, 1.807) is 7.11 Å². The van der Waals surface area contributed by atoms with Gasteiger partial charge >= 0.3 is 0 Å². The number of rotatable bonds is 7. The van der Waals surface area contributed by atoms with Crippen LogP contribution in [0, 0.1) is 4.91 Å². The Kier molecular flexibility index (Phi) is 6.92. The maximum Gasteiger partial charge on any atom is 0.119 e. The molecular formula is C26H37N3O2. The van der Waals surface area contributed by atoms with Crippen LogP contribution in [0.5, 0.6) is 5.75 Å². The van der Waals surface area contributed by atoms with Crippen molar-refractivity contribution in [3.05, 3.63) is 46.9 Å². The summed E-state index contributed by atoms with van der Waals surface area (Å²) in [6.07, 6.45) is 7.64. The van der Waals surface area contributed by atoms with E-state index in [2.05, 4.69) is 59.4 Å². The van der Waals surface area contributed by atoms with E-state index in [1.165, 1.54) is 35.6 Å². The molecule has 0 spiro atoms. The molecule has 1 atom stereocenters. The summed E-state index contributed by atoms with van der Waals surface area (Å²) in [7, 11) is 6.06. The number of nitroso groups, excluding NO2 is 1. The Balaban J connectivity index is 1.64.